The molecule has 0 fully saturated rings. The van der Waals surface area contributed by atoms with E-state index in [0.29, 0.717) is 6.61 Å². The van der Waals surface area contributed by atoms with Crippen LogP contribution in [-0.4, -0.2) is 17.6 Å². The third-order valence-corrected chi connectivity index (χ3v) is 2.05. The van der Waals surface area contributed by atoms with Crippen molar-refractivity contribution in [2.75, 3.05) is 6.61 Å². The number of pyridine rings is 1. The number of ether oxygens (including phenoxy) is 1. The predicted molar refractivity (Wildman–Crippen MR) is 63.9 cm³/mol. The first-order valence-electron chi connectivity index (χ1n) is 5.49. The average Bonchev–Trinajstić information content (AvgIpc) is 2.27. The number of aromatic nitrogens is 1. The molecule has 1 aromatic rings. The van der Waals surface area contributed by atoms with E-state index in [0.717, 1.165) is 24.0 Å². The van der Waals surface area contributed by atoms with Gasteiger partial charge >= 0.3 is 5.97 Å². The molecule has 0 radical (unpaired) electrons. The topological polar surface area (TPSA) is 39.2 Å². The zero-order valence-corrected chi connectivity index (χ0v) is 9.77. The largest absolute Gasteiger partial charge is 0.463 e. The van der Waals surface area contributed by atoms with Gasteiger partial charge in [-0.15, -0.1) is 0 Å². The van der Waals surface area contributed by atoms with Crippen LogP contribution < -0.4 is 0 Å². The Morgan fingerprint density at radius 1 is 1.50 bits per heavy atom. The molecular formula is C13H17NO2. The normalized spacial score (nSPS) is 10.6. The second-order valence-electron chi connectivity index (χ2n) is 3.65. The molecule has 1 heterocycles. The minimum absolute atomic E-state index is 0.296. The fraction of sp³-hybridized carbons (Fsp3) is 0.385. The summed E-state index contributed by atoms with van der Waals surface area (Å²) in [5.41, 5.74) is 1.98. The lowest BCUT2D eigenvalue weighted by molar-refractivity contribution is -0.137. The van der Waals surface area contributed by atoms with Gasteiger partial charge in [-0.2, -0.15) is 0 Å². The average molecular weight is 219 g/mol. The minimum Gasteiger partial charge on any atom is -0.463 e. The molecule has 0 aliphatic rings. The molecule has 0 atom stereocenters. The molecule has 0 spiro atoms. The molecule has 0 aromatic carbocycles. The van der Waals surface area contributed by atoms with Crippen molar-refractivity contribution in [1.29, 1.82) is 0 Å². The molecule has 0 bridgehead atoms. The van der Waals surface area contributed by atoms with Crippen LogP contribution in [0.2, 0.25) is 0 Å². The van der Waals surface area contributed by atoms with Crippen molar-refractivity contribution in [1.82, 2.24) is 4.98 Å². The molecule has 1 aromatic heterocycles. The van der Waals surface area contributed by atoms with E-state index in [-0.39, 0.29) is 5.97 Å². The van der Waals surface area contributed by atoms with Gasteiger partial charge in [0.15, 0.2) is 0 Å². The van der Waals surface area contributed by atoms with Crippen LogP contribution in [-0.2, 0) is 9.53 Å². The Kier molecular flexibility index (Phi) is 5.26. The maximum Gasteiger partial charge on any atom is 0.330 e. The monoisotopic (exact) mass is 219 g/mol. The fourth-order valence-corrected chi connectivity index (χ4v) is 1.20. The summed E-state index contributed by atoms with van der Waals surface area (Å²) < 4.78 is 4.99. The molecule has 3 nitrogen and oxygen atoms in total. The van der Waals surface area contributed by atoms with Crippen LogP contribution in [0.4, 0.5) is 0 Å². The molecule has 0 aliphatic heterocycles. The quantitative estimate of drug-likeness (QED) is 0.434. The first-order chi connectivity index (χ1) is 7.72. The van der Waals surface area contributed by atoms with Crippen molar-refractivity contribution in [3.05, 3.63) is 35.7 Å². The number of carbonyl (C=O) groups excluding carboxylic acids is 1. The maximum absolute atomic E-state index is 11.2. The molecule has 16 heavy (non-hydrogen) atoms. The zero-order valence-electron chi connectivity index (χ0n) is 9.77. The van der Waals surface area contributed by atoms with Crippen molar-refractivity contribution >= 4 is 12.0 Å². The molecule has 1 rings (SSSR count). The number of nitrogens with zero attached hydrogens (tertiary/aromatic N) is 1. The lowest BCUT2D eigenvalue weighted by atomic mass is 10.2. The van der Waals surface area contributed by atoms with Gasteiger partial charge in [-0.05, 0) is 36.6 Å². The summed E-state index contributed by atoms with van der Waals surface area (Å²) in [6.45, 7) is 4.51. The molecule has 0 unspecified atom stereocenters. The van der Waals surface area contributed by atoms with Gasteiger partial charge in [0, 0.05) is 18.5 Å². The van der Waals surface area contributed by atoms with Crippen LogP contribution in [0.15, 0.2) is 24.5 Å². The zero-order chi connectivity index (χ0) is 11.8. The van der Waals surface area contributed by atoms with Crippen molar-refractivity contribution in [2.45, 2.75) is 26.7 Å². The van der Waals surface area contributed by atoms with E-state index in [2.05, 4.69) is 11.9 Å². The summed E-state index contributed by atoms with van der Waals surface area (Å²) in [7, 11) is 0. The third kappa shape index (κ3) is 4.73. The first kappa shape index (κ1) is 12.4. The van der Waals surface area contributed by atoms with Crippen LogP contribution in [0, 0.1) is 6.92 Å². The van der Waals surface area contributed by atoms with E-state index in [1.54, 1.807) is 18.5 Å². The second kappa shape index (κ2) is 6.77. The highest BCUT2D eigenvalue weighted by Crippen LogP contribution is 2.03. The van der Waals surface area contributed by atoms with Crippen LogP contribution in [0.25, 0.3) is 6.08 Å². The maximum atomic E-state index is 11.2. The number of aryl methyl sites for hydroxylation is 1. The molecular weight excluding hydrogens is 202 g/mol. The summed E-state index contributed by atoms with van der Waals surface area (Å²) in [6.07, 6.45) is 8.57. The van der Waals surface area contributed by atoms with E-state index in [4.69, 9.17) is 4.74 Å². The molecule has 86 valence electrons. The van der Waals surface area contributed by atoms with Gasteiger partial charge in [0.25, 0.3) is 0 Å². The number of hydrogen-bond donors (Lipinski definition) is 0. The van der Waals surface area contributed by atoms with Gasteiger partial charge in [0.2, 0.25) is 0 Å². The molecule has 0 saturated heterocycles. The van der Waals surface area contributed by atoms with Gasteiger partial charge in [0.1, 0.15) is 0 Å². The van der Waals surface area contributed by atoms with Crippen LogP contribution in [0.1, 0.15) is 30.9 Å². The van der Waals surface area contributed by atoms with E-state index in [1.165, 1.54) is 6.08 Å². The Balaban J connectivity index is 2.44. The van der Waals surface area contributed by atoms with Crippen LogP contribution in [0.5, 0.6) is 0 Å². The lowest BCUT2D eigenvalue weighted by Gasteiger charge is -1.99. The number of carbonyl (C=O) groups is 1. The molecule has 0 aliphatic carbocycles. The Hall–Kier alpha value is -1.64. The molecule has 3 heteroatoms. The summed E-state index contributed by atoms with van der Waals surface area (Å²) >= 11 is 0. The van der Waals surface area contributed by atoms with Gasteiger partial charge in [-0.1, -0.05) is 13.3 Å². The highest BCUT2D eigenvalue weighted by atomic mass is 16.5. The standard InChI is InChI=1S/C13H17NO2/c1-3-4-7-16-13(15)6-5-12-8-11(2)9-14-10-12/h5-6,8-10H,3-4,7H2,1-2H3/b6-5+. The summed E-state index contributed by atoms with van der Waals surface area (Å²) in [4.78, 5) is 15.3. The Morgan fingerprint density at radius 3 is 3.00 bits per heavy atom. The number of hydrogen-bond acceptors (Lipinski definition) is 3. The van der Waals surface area contributed by atoms with Gasteiger partial charge in [0.05, 0.1) is 6.61 Å². The highest BCUT2D eigenvalue weighted by Gasteiger charge is 1.96. The predicted octanol–water partition coefficient (Wildman–Crippen LogP) is 2.75. The summed E-state index contributed by atoms with van der Waals surface area (Å²) in [6, 6.07) is 1.96. The van der Waals surface area contributed by atoms with Gasteiger partial charge in [-0.25, -0.2) is 4.79 Å². The highest BCUT2D eigenvalue weighted by molar-refractivity contribution is 5.86. The SMILES string of the molecule is CCCCOC(=O)/C=C/c1cncc(C)c1. The minimum atomic E-state index is -0.296. The smallest absolute Gasteiger partial charge is 0.330 e. The first-order valence-corrected chi connectivity index (χ1v) is 5.49. The Morgan fingerprint density at radius 2 is 2.31 bits per heavy atom. The molecule has 0 amide bonds. The Labute approximate surface area is 96.2 Å². The van der Waals surface area contributed by atoms with Gasteiger partial charge in [-0.3, -0.25) is 4.98 Å². The van der Waals surface area contributed by atoms with Gasteiger partial charge < -0.3 is 4.74 Å². The van der Waals surface area contributed by atoms with E-state index < -0.39 is 0 Å². The number of rotatable bonds is 5. The number of esters is 1. The second-order valence-corrected chi connectivity index (χ2v) is 3.65. The van der Waals surface area contributed by atoms with E-state index in [9.17, 15) is 4.79 Å². The van der Waals surface area contributed by atoms with Crippen molar-refractivity contribution in [3.63, 3.8) is 0 Å². The van der Waals surface area contributed by atoms with Crippen molar-refractivity contribution < 1.29 is 9.53 Å². The third-order valence-electron chi connectivity index (χ3n) is 2.05. The van der Waals surface area contributed by atoms with E-state index >= 15 is 0 Å². The Bertz CT molecular complexity index is 372. The van der Waals surface area contributed by atoms with E-state index in [1.807, 2.05) is 13.0 Å². The van der Waals surface area contributed by atoms with Crippen LogP contribution in [0.3, 0.4) is 0 Å². The summed E-state index contributed by atoms with van der Waals surface area (Å²) in [5, 5.41) is 0. The van der Waals surface area contributed by atoms with Crippen molar-refractivity contribution in [3.8, 4) is 0 Å². The molecule has 0 saturated carbocycles. The number of unbranched alkanes of at least 4 members (excludes halogenated alkanes) is 1. The van der Waals surface area contributed by atoms with Crippen molar-refractivity contribution in [2.24, 2.45) is 0 Å². The summed E-state index contributed by atoms with van der Waals surface area (Å²) in [5.74, 6) is -0.296. The fourth-order valence-electron chi connectivity index (χ4n) is 1.20. The lowest BCUT2D eigenvalue weighted by Crippen LogP contribution is -2.01. The molecule has 0 N–H and O–H groups in total. The van der Waals surface area contributed by atoms with Crippen LogP contribution >= 0.6 is 0 Å².